The van der Waals surface area contributed by atoms with Crippen LogP contribution in [0.3, 0.4) is 0 Å². The van der Waals surface area contributed by atoms with Crippen LogP contribution in [0.1, 0.15) is 28.8 Å². The summed E-state index contributed by atoms with van der Waals surface area (Å²) in [7, 11) is 0. The summed E-state index contributed by atoms with van der Waals surface area (Å²) in [6, 6.07) is 12.2. The zero-order valence-electron chi connectivity index (χ0n) is 16.1. The second kappa shape index (κ2) is 8.69. The van der Waals surface area contributed by atoms with Crippen molar-refractivity contribution in [2.75, 3.05) is 18.7 Å². The molecule has 30 heavy (non-hydrogen) atoms. The molecule has 0 radical (unpaired) electrons. The molecule has 2 amide bonds. The Labute approximate surface area is 172 Å². The van der Waals surface area contributed by atoms with Crippen LogP contribution in [0.2, 0.25) is 0 Å². The predicted molar refractivity (Wildman–Crippen MR) is 108 cm³/mol. The maximum Gasteiger partial charge on any atom is 0.331 e. The molecular weight excluding hydrogens is 388 g/mol. The lowest BCUT2D eigenvalue weighted by molar-refractivity contribution is -0.142. The van der Waals surface area contributed by atoms with Gasteiger partial charge in [0.05, 0.1) is 11.3 Å². The summed E-state index contributed by atoms with van der Waals surface area (Å²) in [4.78, 5) is 36.3. The minimum absolute atomic E-state index is 0.172. The highest BCUT2D eigenvalue weighted by Crippen LogP contribution is 2.32. The van der Waals surface area contributed by atoms with Gasteiger partial charge in [0.2, 0.25) is 6.79 Å². The van der Waals surface area contributed by atoms with Crippen LogP contribution in [0.15, 0.2) is 48.5 Å². The van der Waals surface area contributed by atoms with E-state index in [1.807, 2.05) is 0 Å². The highest BCUT2D eigenvalue weighted by Gasteiger charge is 2.25. The van der Waals surface area contributed by atoms with Gasteiger partial charge in [-0.25, -0.2) is 4.79 Å². The molecule has 2 aromatic carbocycles. The first-order chi connectivity index (χ1) is 14.6. The number of hydrogen-bond donors (Lipinski definition) is 2. The quantitative estimate of drug-likeness (QED) is 0.539. The fraction of sp³-hybridized carbons (Fsp3) is 0.227. The Bertz CT molecular complexity index is 1010. The van der Waals surface area contributed by atoms with Gasteiger partial charge in [-0.3, -0.25) is 9.59 Å². The topological polar surface area (TPSA) is 103 Å². The van der Waals surface area contributed by atoms with Crippen LogP contribution in [-0.4, -0.2) is 37.2 Å². The van der Waals surface area contributed by atoms with Crippen molar-refractivity contribution in [3.05, 3.63) is 59.7 Å². The first-order valence-corrected chi connectivity index (χ1v) is 9.53. The number of carbonyl (C=O) groups is 3. The van der Waals surface area contributed by atoms with Crippen molar-refractivity contribution in [2.45, 2.75) is 18.9 Å². The van der Waals surface area contributed by atoms with E-state index < -0.39 is 18.5 Å². The number of ether oxygens (including phenoxy) is 3. The van der Waals surface area contributed by atoms with E-state index in [-0.39, 0.29) is 18.7 Å². The van der Waals surface area contributed by atoms with Crippen LogP contribution in [0.4, 0.5) is 5.69 Å². The molecule has 8 nitrogen and oxygen atoms in total. The van der Waals surface area contributed by atoms with Crippen molar-refractivity contribution < 1.29 is 28.6 Å². The lowest BCUT2D eigenvalue weighted by atomic mass is 10.1. The van der Waals surface area contributed by atoms with Gasteiger partial charge in [-0.15, -0.1) is 0 Å². The summed E-state index contributed by atoms with van der Waals surface area (Å²) in [5.74, 6) is -0.182. The summed E-state index contributed by atoms with van der Waals surface area (Å²) < 4.78 is 15.5. The van der Waals surface area contributed by atoms with E-state index in [0.717, 1.165) is 18.4 Å². The van der Waals surface area contributed by atoms with Gasteiger partial charge in [0.15, 0.2) is 18.1 Å². The van der Waals surface area contributed by atoms with E-state index in [1.54, 1.807) is 48.5 Å². The Morgan fingerprint density at radius 2 is 1.87 bits per heavy atom. The number of fused-ring (bicyclic) bond motifs is 1. The number of amides is 2. The van der Waals surface area contributed by atoms with E-state index in [9.17, 15) is 14.4 Å². The van der Waals surface area contributed by atoms with Gasteiger partial charge < -0.3 is 24.8 Å². The highest BCUT2D eigenvalue weighted by atomic mass is 16.7. The van der Waals surface area contributed by atoms with E-state index in [0.29, 0.717) is 22.7 Å². The van der Waals surface area contributed by atoms with E-state index in [2.05, 4.69) is 10.6 Å². The number of benzene rings is 2. The lowest BCUT2D eigenvalue weighted by Crippen LogP contribution is -2.27. The molecule has 0 spiro atoms. The lowest BCUT2D eigenvalue weighted by Gasteiger charge is -2.11. The molecule has 154 valence electrons. The predicted octanol–water partition coefficient (Wildman–Crippen LogP) is 2.50. The van der Waals surface area contributed by atoms with Crippen LogP contribution in [-0.2, 0) is 14.3 Å². The van der Waals surface area contributed by atoms with Crippen molar-refractivity contribution >= 4 is 29.5 Å². The number of hydrogen-bond acceptors (Lipinski definition) is 6. The van der Waals surface area contributed by atoms with Gasteiger partial charge in [-0.05, 0) is 48.7 Å². The third-order valence-corrected chi connectivity index (χ3v) is 4.51. The number of nitrogens with one attached hydrogen (secondary N) is 2. The molecule has 0 aromatic heterocycles. The second-order valence-corrected chi connectivity index (χ2v) is 6.90. The highest BCUT2D eigenvalue weighted by molar-refractivity contribution is 6.04. The molecule has 1 aliphatic carbocycles. The van der Waals surface area contributed by atoms with Gasteiger partial charge in [0.1, 0.15) is 0 Å². The number of para-hydroxylation sites is 1. The molecule has 4 rings (SSSR count). The average molecular weight is 408 g/mol. The molecule has 2 aliphatic rings. The number of rotatable bonds is 7. The minimum atomic E-state index is -0.664. The standard InChI is InChI=1S/C22H20N2O6/c25-20(24-17-4-2-1-3-16(17)22(27)23-15-7-8-15)12-28-21(26)10-6-14-5-9-18-19(11-14)30-13-29-18/h1-6,9-11,15H,7-8,12-13H2,(H,23,27)(H,24,25)/b10-6+. The van der Waals surface area contributed by atoms with Crippen LogP contribution >= 0.6 is 0 Å². The fourth-order valence-electron chi connectivity index (χ4n) is 2.83. The maximum atomic E-state index is 12.3. The van der Waals surface area contributed by atoms with Gasteiger partial charge in [-0.1, -0.05) is 18.2 Å². The van der Waals surface area contributed by atoms with E-state index >= 15 is 0 Å². The second-order valence-electron chi connectivity index (χ2n) is 6.90. The monoisotopic (exact) mass is 408 g/mol. The summed E-state index contributed by atoms with van der Waals surface area (Å²) in [5, 5.41) is 5.49. The van der Waals surface area contributed by atoms with Crippen molar-refractivity contribution in [3.8, 4) is 11.5 Å². The summed E-state index contributed by atoms with van der Waals surface area (Å²) in [6.45, 7) is -0.298. The first-order valence-electron chi connectivity index (χ1n) is 9.53. The Hall–Kier alpha value is -3.81. The third kappa shape index (κ3) is 4.96. The van der Waals surface area contributed by atoms with Gasteiger partial charge in [0.25, 0.3) is 11.8 Å². The summed E-state index contributed by atoms with van der Waals surface area (Å²) in [5.41, 5.74) is 1.47. The maximum absolute atomic E-state index is 12.3. The zero-order valence-corrected chi connectivity index (χ0v) is 16.1. The number of carbonyl (C=O) groups excluding carboxylic acids is 3. The Morgan fingerprint density at radius 1 is 1.07 bits per heavy atom. The molecule has 1 saturated carbocycles. The van der Waals surface area contributed by atoms with Crippen LogP contribution in [0.25, 0.3) is 6.08 Å². The molecule has 2 N–H and O–H groups in total. The molecule has 1 aliphatic heterocycles. The molecule has 0 saturated heterocycles. The van der Waals surface area contributed by atoms with Crippen LogP contribution in [0.5, 0.6) is 11.5 Å². The number of esters is 1. The average Bonchev–Trinajstić information content (AvgIpc) is 3.44. The van der Waals surface area contributed by atoms with E-state index in [1.165, 1.54) is 6.08 Å². The SMILES string of the molecule is O=C(COC(=O)/C=C/c1ccc2c(c1)OCO2)Nc1ccccc1C(=O)NC1CC1. The largest absolute Gasteiger partial charge is 0.454 e. The number of anilines is 1. The zero-order chi connectivity index (χ0) is 20.9. The first kappa shape index (κ1) is 19.5. The molecule has 2 aromatic rings. The molecular formula is C22H20N2O6. The summed E-state index contributed by atoms with van der Waals surface area (Å²) in [6.07, 6.45) is 4.72. The molecule has 1 fully saturated rings. The van der Waals surface area contributed by atoms with Gasteiger partial charge in [0, 0.05) is 12.1 Å². The third-order valence-electron chi connectivity index (χ3n) is 4.51. The van der Waals surface area contributed by atoms with Crippen LogP contribution in [0, 0.1) is 0 Å². The normalized spacial score (nSPS) is 14.4. The molecule has 8 heteroatoms. The van der Waals surface area contributed by atoms with Crippen molar-refractivity contribution in [2.24, 2.45) is 0 Å². The molecule has 0 unspecified atom stereocenters. The van der Waals surface area contributed by atoms with Crippen molar-refractivity contribution in [1.82, 2.24) is 5.32 Å². The minimum Gasteiger partial charge on any atom is -0.454 e. The molecule has 0 bridgehead atoms. The summed E-state index contributed by atoms with van der Waals surface area (Å²) >= 11 is 0. The molecule has 1 heterocycles. The van der Waals surface area contributed by atoms with Crippen LogP contribution < -0.4 is 20.1 Å². The smallest absolute Gasteiger partial charge is 0.331 e. The molecule has 0 atom stereocenters. The van der Waals surface area contributed by atoms with Gasteiger partial charge >= 0.3 is 5.97 Å². The van der Waals surface area contributed by atoms with E-state index in [4.69, 9.17) is 14.2 Å². The Morgan fingerprint density at radius 3 is 2.70 bits per heavy atom. The van der Waals surface area contributed by atoms with Gasteiger partial charge in [-0.2, -0.15) is 0 Å². The van der Waals surface area contributed by atoms with Crippen molar-refractivity contribution in [3.63, 3.8) is 0 Å². The fourth-order valence-corrected chi connectivity index (χ4v) is 2.83. The Balaban J connectivity index is 1.28. The Kier molecular flexibility index (Phi) is 5.65. The van der Waals surface area contributed by atoms with Crippen molar-refractivity contribution in [1.29, 1.82) is 0 Å².